The van der Waals surface area contributed by atoms with E-state index >= 15 is 0 Å². The Bertz CT molecular complexity index is 550. The first kappa shape index (κ1) is 22.4. The van der Waals surface area contributed by atoms with Crippen molar-refractivity contribution in [3.8, 4) is 5.75 Å². The largest absolute Gasteiger partial charge is 0.494 e. The molecule has 0 spiro atoms. The Morgan fingerprint density at radius 3 is 2.38 bits per heavy atom. The zero-order chi connectivity index (χ0) is 19.4. The molecule has 0 bridgehead atoms. The third kappa shape index (κ3) is 9.76. The van der Waals surface area contributed by atoms with Gasteiger partial charge in [-0.25, -0.2) is 0 Å². The quantitative estimate of drug-likeness (QED) is 0.457. The average molecular weight is 379 g/mol. The Kier molecular flexibility index (Phi) is 10.3. The Hall–Kier alpha value is -1.62. The molecule has 1 aromatic rings. The van der Waals surface area contributed by atoms with Crippen LogP contribution in [0, 0.1) is 0 Å². The molecule has 0 aliphatic rings. The molecule has 1 rings (SSSR count). The molecule has 0 aliphatic heterocycles. The van der Waals surface area contributed by atoms with Crippen LogP contribution in [0.1, 0.15) is 71.8 Å². The van der Waals surface area contributed by atoms with Gasteiger partial charge < -0.3 is 15.4 Å². The van der Waals surface area contributed by atoms with Crippen LogP contribution in [-0.4, -0.2) is 24.2 Å². The Morgan fingerprint density at radius 1 is 1.08 bits per heavy atom. The maximum atomic E-state index is 11.9. The van der Waals surface area contributed by atoms with Crippen LogP contribution in [0.2, 0.25) is 0 Å². The molecule has 2 N–H and O–H groups in total. The number of thiocarbonyl (C=S) groups is 1. The lowest BCUT2D eigenvalue weighted by Gasteiger charge is -2.19. The summed E-state index contributed by atoms with van der Waals surface area (Å²) in [5.74, 6) is 0.769. The van der Waals surface area contributed by atoms with Gasteiger partial charge in [-0.3, -0.25) is 4.79 Å². The lowest BCUT2D eigenvalue weighted by Crippen LogP contribution is -2.39. The summed E-state index contributed by atoms with van der Waals surface area (Å²) in [4.78, 5) is 11.9. The van der Waals surface area contributed by atoms with Crippen molar-refractivity contribution in [2.45, 2.75) is 71.6 Å². The molecule has 0 saturated heterocycles. The lowest BCUT2D eigenvalue weighted by molar-refractivity contribution is -0.119. The van der Waals surface area contributed by atoms with E-state index in [1.165, 1.54) is 24.8 Å². The van der Waals surface area contributed by atoms with Crippen molar-refractivity contribution in [3.63, 3.8) is 0 Å². The molecule has 0 fully saturated rings. The lowest BCUT2D eigenvalue weighted by atomic mass is 9.87. The predicted octanol–water partition coefficient (Wildman–Crippen LogP) is 4.71. The van der Waals surface area contributed by atoms with Crippen molar-refractivity contribution in [1.82, 2.24) is 10.6 Å². The van der Waals surface area contributed by atoms with Crippen molar-refractivity contribution in [1.29, 1.82) is 0 Å². The minimum Gasteiger partial charge on any atom is -0.494 e. The maximum Gasteiger partial charge on any atom is 0.226 e. The number of amides is 1. The number of nitrogens with one attached hydrogen (secondary N) is 2. The minimum atomic E-state index is -0.0669. The van der Waals surface area contributed by atoms with Gasteiger partial charge >= 0.3 is 0 Å². The second-order valence-corrected chi connectivity index (χ2v) is 8.00. The van der Waals surface area contributed by atoms with Crippen LogP contribution >= 0.6 is 12.2 Å². The molecule has 0 heterocycles. The molecule has 146 valence electrons. The fourth-order valence-corrected chi connectivity index (χ4v) is 2.68. The molecule has 0 aliphatic carbocycles. The van der Waals surface area contributed by atoms with Gasteiger partial charge in [-0.2, -0.15) is 0 Å². The summed E-state index contributed by atoms with van der Waals surface area (Å²) in [6, 6.07) is 8.15. The molecule has 5 heteroatoms. The number of carbonyl (C=O) groups is 1. The number of ether oxygens (including phenoxy) is 1. The molecule has 1 amide bonds. The topological polar surface area (TPSA) is 50.4 Å². The van der Waals surface area contributed by atoms with Gasteiger partial charge in [0.25, 0.3) is 0 Å². The van der Waals surface area contributed by atoms with Crippen molar-refractivity contribution in [2.24, 2.45) is 0 Å². The molecular formula is C21H34N2O2S. The number of benzene rings is 1. The highest BCUT2D eigenvalue weighted by molar-refractivity contribution is 7.80. The zero-order valence-electron chi connectivity index (χ0n) is 16.7. The summed E-state index contributed by atoms with van der Waals surface area (Å²) in [7, 11) is 0. The van der Waals surface area contributed by atoms with E-state index in [4.69, 9.17) is 17.0 Å². The van der Waals surface area contributed by atoms with Crippen LogP contribution in [0.5, 0.6) is 5.75 Å². The fraction of sp³-hybridized carbons (Fsp3) is 0.619. The van der Waals surface area contributed by atoms with Gasteiger partial charge in [0.1, 0.15) is 5.75 Å². The van der Waals surface area contributed by atoms with Crippen LogP contribution < -0.4 is 15.4 Å². The molecular weight excluding hydrogens is 344 g/mol. The molecule has 0 saturated carbocycles. The van der Waals surface area contributed by atoms with E-state index in [0.717, 1.165) is 18.7 Å². The van der Waals surface area contributed by atoms with Gasteiger partial charge in [-0.15, -0.1) is 0 Å². The van der Waals surface area contributed by atoms with Gasteiger partial charge in [0.05, 0.1) is 6.61 Å². The van der Waals surface area contributed by atoms with Gasteiger partial charge in [0.15, 0.2) is 5.11 Å². The number of hydrogen-bond acceptors (Lipinski definition) is 3. The summed E-state index contributed by atoms with van der Waals surface area (Å²) in [5.41, 5.74) is 1.42. The first-order valence-electron chi connectivity index (χ1n) is 9.64. The highest BCUT2D eigenvalue weighted by Gasteiger charge is 2.13. The standard InChI is InChI=1S/C21H34N2O2S/c1-5-6-7-8-15-22-20(26)23-19(24)10-9-16-25-18-13-11-17(12-14-18)21(2,3)4/h11-14H,5-10,15-16H2,1-4H3,(H2,22,23,24,26). The number of unbranched alkanes of at least 4 members (excludes halogenated alkanes) is 3. The Balaban J connectivity index is 2.15. The highest BCUT2D eigenvalue weighted by Crippen LogP contribution is 2.24. The van der Waals surface area contributed by atoms with E-state index in [1.54, 1.807) is 0 Å². The summed E-state index contributed by atoms with van der Waals surface area (Å²) >= 11 is 5.13. The van der Waals surface area contributed by atoms with E-state index in [-0.39, 0.29) is 11.3 Å². The van der Waals surface area contributed by atoms with E-state index in [9.17, 15) is 4.79 Å². The van der Waals surface area contributed by atoms with Gasteiger partial charge in [-0.05, 0) is 48.2 Å². The number of hydrogen-bond donors (Lipinski definition) is 2. The van der Waals surface area contributed by atoms with Crippen LogP contribution in [-0.2, 0) is 10.2 Å². The first-order chi connectivity index (χ1) is 12.3. The zero-order valence-corrected chi connectivity index (χ0v) is 17.5. The monoisotopic (exact) mass is 378 g/mol. The van der Waals surface area contributed by atoms with Crippen LogP contribution in [0.25, 0.3) is 0 Å². The average Bonchev–Trinajstić information content (AvgIpc) is 2.58. The number of carbonyl (C=O) groups excluding carboxylic acids is 1. The van der Waals surface area contributed by atoms with E-state index in [1.807, 2.05) is 12.1 Å². The van der Waals surface area contributed by atoms with E-state index in [0.29, 0.717) is 24.6 Å². The third-order valence-electron chi connectivity index (χ3n) is 4.11. The van der Waals surface area contributed by atoms with Crippen molar-refractivity contribution in [2.75, 3.05) is 13.2 Å². The van der Waals surface area contributed by atoms with E-state index < -0.39 is 0 Å². The van der Waals surface area contributed by atoms with Gasteiger partial charge in [0, 0.05) is 13.0 Å². The maximum absolute atomic E-state index is 11.9. The molecule has 0 unspecified atom stereocenters. The van der Waals surface area contributed by atoms with Crippen molar-refractivity contribution in [3.05, 3.63) is 29.8 Å². The summed E-state index contributed by atoms with van der Waals surface area (Å²) in [5, 5.41) is 6.22. The van der Waals surface area contributed by atoms with Gasteiger partial charge in [-0.1, -0.05) is 59.1 Å². The minimum absolute atomic E-state index is 0.0669. The smallest absolute Gasteiger partial charge is 0.226 e. The Morgan fingerprint density at radius 2 is 1.77 bits per heavy atom. The normalized spacial score (nSPS) is 11.1. The van der Waals surface area contributed by atoms with Crippen LogP contribution in [0.3, 0.4) is 0 Å². The van der Waals surface area contributed by atoms with Crippen LogP contribution in [0.4, 0.5) is 0 Å². The molecule has 26 heavy (non-hydrogen) atoms. The molecule has 0 radical (unpaired) electrons. The first-order valence-corrected chi connectivity index (χ1v) is 10.0. The fourth-order valence-electron chi connectivity index (χ4n) is 2.46. The van der Waals surface area contributed by atoms with Crippen molar-refractivity contribution >= 4 is 23.2 Å². The predicted molar refractivity (Wildman–Crippen MR) is 113 cm³/mol. The Labute approximate surface area is 164 Å². The van der Waals surface area contributed by atoms with Crippen molar-refractivity contribution < 1.29 is 9.53 Å². The second-order valence-electron chi connectivity index (χ2n) is 7.59. The van der Waals surface area contributed by atoms with E-state index in [2.05, 4.69) is 50.5 Å². The SMILES string of the molecule is CCCCCCNC(=S)NC(=O)CCCOc1ccc(C(C)(C)C)cc1. The summed E-state index contributed by atoms with van der Waals surface area (Å²) < 4.78 is 5.70. The number of rotatable bonds is 10. The molecule has 0 atom stereocenters. The highest BCUT2D eigenvalue weighted by atomic mass is 32.1. The molecule has 0 aromatic heterocycles. The third-order valence-corrected chi connectivity index (χ3v) is 4.35. The molecule has 4 nitrogen and oxygen atoms in total. The summed E-state index contributed by atoms with van der Waals surface area (Å²) in [6.07, 6.45) is 5.77. The van der Waals surface area contributed by atoms with Gasteiger partial charge in [0.2, 0.25) is 5.91 Å². The summed E-state index contributed by atoms with van der Waals surface area (Å²) in [6.45, 7) is 10.1. The second kappa shape index (κ2) is 11.9. The molecule has 1 aromatic carbocycles. The van der Waals surface area contributed by atoms with Crippen LogP contribution in [0.15, 0.2) is 24.3 Å².